The number of nitrogens with zero attached hydrogens (tertiary/aromatic N) is 1. The van der Waals surface area contributed by atoms with Crippen LogP contribution >= 0.6 is 43.2 Å². The molecule has 0 unspecified atom stereocenters. The zero-order valence-corrected chi connectivity index (χ0v) is 17.4. The molecule has 2 aromatic heterocycles. The summed E-state index contributed by atoms with van der Waals surface area (Å²) in [5, 5.41) is 0.816. The van der Waals surface area contributed by atoms with E-state index in [2.05, 4.69) is 31.9 Å². The number of hydrogen-bond donors (Lipinski definition) is 1. The molecule has 128 valence electrons. The van der Waals surface area contributed by atoms with Crippen LogP contribution in [0.3, 0.4) is 0 Å². The van der Waals surface area contributed by atoms with Crippen molar-refractivity contribution in [1.29, 1.82) is 0 Å². The summed E-state index contributed by atoms with van der Waals surface area (Å²) in [6, 6.07) is 19.1. The number of ketones is 1. The van der Waals surface area contributed by atoms with Gasteiger partial charge in [0.1, 0.15) is 9.71 Å². The molecule has 4 aromatic rings. The maximum atomic E-state index is 12.8. The quantitative estimate of drug-likeness (QED) is 0.345. The van der Waals surface area contributed by atoms with Crippen LogP contribution in [0.15, 0.2) is 69.6 Å². The number of rotatable bonds is 3. The molecule has 0 saturated carbocycles. The van der Waals surface area contributed by atoms with Crippen molar-refractivity contribution in [2.24, 2.45) is 0 Å². The molecule has 0 aliphatic carbocycles. The molecule has 2 N–H and O–H groups in total. The number of benzene rings is 2. The van der Waals surface area contributed by atoms with Gasteiger partial charge < -0.3 is 5.73 Å². The van der Waals surface area contributed by atoms with Gasteiger partial charge in [0.05, 0.1) is 11.4 Å². The van der Waals surface area contributed by atoms with Gasteiger partial charge in [0, 0.05) is 25.5 Å². The van der Waals surface area contributed by atoms with Crippen molar-refractivity contribution in [3.63, 3.8) is 0 Å². The van der Waals surface area contributed by atoms with E-state index in [4.69, 9.17) is 10.7 Å². The SMILES string of the molecule is Nc1c(C(=O)c2ccc(Br)cc2)sc2nc(-c3ccc(Br)cc3)ccc12. The fourth-order valence-electron chi connectivity index (χ4n) is 2.68. The van der Waals surface area contributed by atoms with Crippen LogP contribution in [0.5, 0.6) is 0 Å². The third kappa shape index (κ3) is 3.20. The largest absolute Gasteiger partial charge is 0.397 e. The average Bonchev–Trinajstić information content (AvgIpc) is 2.98. The monoisotopic (exact) mass is 486 g/mol. The zero-order valence-electron chi connectivity index (χ0n) is 13.4. The Bertz CT molecular complexity index is 1120. The molecular formula is C20H12Br2N2OS. The lowest BCUT2D eigenvalue weighted by molar-refractivity contribution is 0.104. The number of nitrogens with two attached hydrogens (primary N) is 1. The molecule has 6 heteroatoms. The van der Waals surface area contributed by atoms with Crippen molar-refractivity contribution in [2.45, 2.75) is 0 Å². The van der Waals surface area contributed by atoms with E-state index >= 15 is 0 Å². The van der Waals surface area contributed by atoms with Gasteiger partial charge in [-0.15, -0.1) is 11.3 Å². The maximum absolute atomic E-state index is 12.8. The van der Waals surface area contributed by atoms with Gasteiger partial charge in [0.25, 0.3) is 0 Å². The summed E-state index contributed by atoms with van der Waals surface area (Å²) >= 11 is 8.16. The van der Waals surface area contributed by atoms with Gasteiger partial charge in [0.2, 0.25) is 5.78 Å². The van der Waals surface area contributed by atoms with Gasteiger partial charge >= 0.3 is 0 Å². The van der Waals surface area contributed by atoms with Crippen LogP contribution in [0.4, 0.5) is 5.69 Å². The first-order valence-electron chi connectivity index (χ1n) is 7.78. The summed E-state index contributed by atoms with van der Waals surface area (Å²) in [6.45, 7) is 0. The van der Waals surface area contributed by atoms with Crippen molar-refractivity contribution in [3.8, 4) is 11.3 Å². The van der Waals surface area contributed by atoms with E-state index < -0.39 is 0 Å². The van der Waals surface area contributed by atoms with E-state index in [0.717, 1.165) is 30.4 Å². The molecule has 0 radical (unpaired) electrons. The van der Waals surface area contributed by atoms with Gasteiger partial charge in [-0.05, 0) is 48.5 Å². The predicted molar refractivity (Wildman–Crippen MR) is 115 cm³/mol. The number of hydrogen-bond acceptors (Lipinski definition) is 4. The molecule has 0 saturated heterocycles. The van der Waals surface area contributed by atoms with E-state index in [1.165, 1.54) is 11.3 Å². The first-order chi connectivity index (χ1) is 12.5. The Morgan fingerprint density at radius 2 is 1.50 bits per heavy atom. The molecule has 2 aromatic carbocycles. The second kappa shape index (κ2) is 6.95. The second-order valence-corrected chi connectivity index (χ2v) is 8.57. The fourth-order valence-corrected chi connectivity index (χ4v) is 4.26. The number of carbonyl (C=O) groups excluding carboxylic acids is 1. The number of pyridine rings is 1. The summed E-state index contributed by atoms with van der Waals surface area (Å²) in [7, 11) is 0. The van der Waals surface area contributed by atoms with Crippen molar-refractivity contribution >= 4 is 64.9 Å². The summed E-state index contributed by atoms with van der Waals surface area (Å²) in [5.41, 5.74) is 9.23. The van der Waals surface area contributed by atoms with Gasteiger partial charge in [-0.3, -0.25) is 4.79 Å². The minimum atomic E-state index is -0.0804. The second-order valence-electron chi connectivity index (χ2n) is 5.74. The maximum Gasteiger partial charge on any atom is 0.205 e. The molecule has 0 amide bonds. The number of thiophene rings is 1. The molecule has 0 fully saturated rings. The third-order valence-corrected chi connectivity index (χ3v) is 6.22. The number of nitrogen functional groups attached to an aromatic ring is 1. The topological polar surface area (TPSA) is 56.0 Å². The molecule has 26 heavy (non-hydrogen) atoms. The minimum Gasteiger partial charge on any atom is -0.397 e. The van der Waals surface area contributed by atoms with Crippen LogP contribution in [-0.4, -0.2) is 10.8 Å². The Hall–Kier alpha value is -2.02. The summed E-state index contributed by atoms with van der Waals surface area (Å²) < 4.78 is 1.95. The number of anilines is 1. The van der Waals surface area contributed by atoms with Crippen LogP contribution in [0.2, 0.25) is 0 Å². The Kier molecular flexibility index (Phi) is 4.65. The molecule has 2 heterocycles. The highest BCUT2D eigenvalue weighted by Crippen LogP contribution is 2.35. The molecule has 4 rings (SSSR count). The van der Waals surface area contributed by atoms with Crippen molar-refractivity contribution in [3.05, 3.63) is 80.0 Å². The predicted octanol–water partition coefficient (Wildman–Crippen LogP) is 6.30. The van der Waals surface area contributed by atoms with E-state index in [9.17, 15) is 4.79 Å². The van der Waals surface area contributed by atoms with E-state index in [1.807, 2.05) is 48.5 Å². The van der Waals surface area contributed by atoms with Gasteiger partial charge in [-0.25, -0.2) is 4.98 Å². The number of aromatic nitrogens is 1. The highest BCUT2D eigenvalue weighted by molar-refractivity contribution is 9.10. The van der Waals surface area contributed by atoms with Crippen LogP contribution in [0, 0.1) is 0 Å². The number of carbonyl (C=O) groups is 1. The van der Waals surface area contributed by atoms with E-state index in [0.29, 0.717) is 16.1 Å². The fraction of sp³-hybridized carbons (Fsp3) is 0. The summed E-state index contributed by atoms with van der Waals surface area (Å²) in [5.74, 6) is -0.0804. The molecule has 0 aliphatic heterocycles. The van der Waals surface area contributed by atoms with Crippen molar-refractivity contribution in [1.82, 2.24) is 4.98 Å². The molecule has 0 spiro atoms. The van der Waals surface area contributed by atoms with E-state index in [-0.39, 0.29) is 5.78 Å². The van der Waals surface area contributed by atoms with Gasteiger partial charge in [-0.2, -0.15) is 0 Å². The lowest BCUT2D eigenvalue weighted by Crippen LogP contribution is -2.01. The van der Waals surface area contributed by atoms with Crippen LogP contribution in [-0.2, 0) is 0 Å². The minimum absolute atomic E-state index is 0.0804. The average molecular weight is 488 g/mol. The summed E-state index contributed by atoms with van der Waals surface area (Å²) in [4.78, 5) is 18.8. The molecule has 3 nitrogen and oxygen atoms in total. The Balaban J connectivity index is 1.77. The highest BCUT2D eigenvalue weighted by atomic mass is 79.9. The molecule has 0 bridgehead atoms. The van der Waals surface area contributed by atoms with Gasteiger partial charge in [0.15, 0.2) is 0 Å². The van der Waals surface area contributed by atoms with Crippen molar-refractivity contribution < 1.29 is 4.79 Å². The lowest BCUT2D eigenvalue weighted by atomic mass is 10.1. The Labute approximate surface area is 171 Å². The highest BCUT2D eigenvalue weighted by Gasteiger charge is 2.19. The Morgan fingerprint density at radius 1 is 0.885 bits per heavy atom. The zero-order chi connectivity index (χ0) is 18.3. The molecule has 0 atom stereocenters. The molecular weight excluding hydrogens is 476 g/mol. The van der Waals surface area contributed by atoms with Gasteiger partial charge in [-0.1, -0.05) is 44.0 Å². The normalized spacial score (nSPS) is 11.0. The summed E-state index contributed by atoms with van der Waals surface area (Å²) in [6.07, 6.45) is 0. The number of halogens is 2. The van der Waals surface area contributed by atoms with Crippen LogP contribution < -0.4 is 5.73 Å². The number of fused-ring (bicyclic) bond motifs is 1. The first kappa shape index (κ1) is 17.4. The standard InChI is InChI=1S/C20H12Br2N2OS/c21-13-5-1-11(2-6-13)16-10-9-15-17(23)19(26-20(15)24-16)18(25)12-3-7-14(22)8-4-12/h1-10H,23H2. The molecule has 0 aliphatic rings. The Morgan fingerprint density at radius 3 is 2.15 bits per heavy atom. The first-order valence-corrected chi connectivity index (χ1v) is 10.2. The smallest absolute Gasteiger partial charge is 0.205 e. The van der Waals surface area contributed by atoms with Crippen LogP contribution in [0.25, 0.3) is 21.5 Å². The van der Waals surface area contributed by atoms with E-state index in [1.54, 1.807) is 12.1 Å². The lowest BCUT2D eigenvalue weighted by Gasteiger charge is -2.01. The van der Waals surface area contributed by atoms with Crippen molar-refractivity contribution in [2.75, 3.05) is 5.73 Å². The van der Waals surface area contributed by atoms with Crippen LogP contribution in [0.1, 0.15) is 15.2 Å². The third-order valence-electron chi connectivity index (χ3n) is 4.05.